The molecule has 0 fully saturated rings. The number of aryl methyl sites for hydroxylation is 4. The second kappa shape index (κ2) is 5.90. The van der Waals surface area contributed by atoms with E-state index in [2.05, 4.69) is 65.9 Å². The fourth-order valence-electron chi connectivity index (χ4n) is 2.75. The molecule has 0 atom stereocenters. The summed E-state index contributed by atoms with van der Waals surface area (Å²) in [7, 11) is 0. The third-order valence-corrected chi connectivity index (χ3v) is 4.05. The van der Waals surface area contributed by atoms with Gasteiger partial charge in [0, 0.05) is 6.54 Å². The maximum atomic E-state index is 6.07. The zero-order chi connectivity index (χ0) is 14.8. The second-order valence-corrected chi connectivity index (χ2v) is 5.81. The second-order valence-electron chi connectivity index (χ2n) is 5.54. The van der Waals surface area contributed by atoms with Gasteiger partial charge in [-0.1, -0.05) is 35.9 Å². The summed E-state index contributed by atoms with van der Waals surface area (Å²) >= 11 is 6.07. The molecule has 108 valence electrons. The molecule has 0 aliphatic rings. The quantitative estimate of drug-likeness (QED) is 0.642. The van der Waals surface area contributed by atoms with Crippen LogP contribution in [0.3, 0.4) is 0 Å². The SMILES string of the molecule is Cc1cccc(CCn2c(CCl)nc3cc(C)ccc32)c1. The first-order chi connectivity index (χ1) is 10.2. The van der Waals surface area contributed by atoms with Crippen molar-refractivity contribution < 1.29 is 0 Å². The van der Waals surface area contributed by atoms with Gasteiger partial charge in [0.2, 0.25) is 0 Å². The molecule has 0 spiro atoms. The van der Waals surface area contributed by atoms with Crippen LogP contribution in [0.25, 0.3) is 11.0 Å². The number of alkyl halides is 1. The lowest BCUT2D eigenvalue weighted by Gasteiger charge is -2.08. The molecule has 0 aliphatic heterocycles. The van der Waals surface area contributed by atoms with Crippen LogP contribution in [0.15, 0.2) is 42.5 Å². The number of fused-ring (bicyclic) bond motifs is 1. The molecule has 2 nitrogen and oxygen atoms in total. The summed E-state index contributed by atoms with van der Waals surface area (Å²) in [5, 5.41) is 0. The van der Waals surface area contributed by atoms with E-state index < -0.39 is 0 Å². The summed E-state index contributed by atoms with van der Waals surface area (Å²) in [5.74, 6) is 1.39. The minimum atomic E-state index is 0.446. The Morgan fingerprint density at radius 2 is 1.86 bits per heavy atom. The van der Waals surface area contributed by atoms with E-state index >= 15 is 0 Å². The van der Waals surface area contributed by atoms with Gasteiger partial charge in [0.05, 0.1) is 16.9 Å². The molecule has 0 amide bonds. The van der Waals surface area contributed by atoms with E-state index in [1.807, 2.05) is 0 Å². The number of halogens is 1. The number of aromatic nitrogens is 2. The first-order valence-corrected chi connectivity index (χ1v) is 7.78. The average Bonchev–Trinajstić information content (AvgIpc) is 2.82. The van der Waals surface area contributed by atoms with E-state index in [1.165, 1.54) is 22.2 Å². The summed E-state index contributed by atoms with van der Waals surface area (Å²) in [6.07, 6.45) is 0.991. The van der Waals surface area contributed by atoms with Crippen molar-refractivity contribution in [2.75, 3.05) is 0 Å². The van der Waals surface area contributed by atoms with Crippen molar-refractivity contribution in [3.63, 3.8) is 0 Å². The van der Waals surface area contributed by atoms with Crippen LogP contribution in [0.5, 0.6) is 0 Å². The monoisotopic (exact) mass is 298 g/mol. The molecule has 0 saturated carbocycles. The van der Waals surface area contributed by atoms with Crippen LogP contribution in [0.4, 0.5) is 0 Å². The Kier molecular flexibility index (Phi) is 3.98. The Hall–Kier alpha value is -1.80. The van der Waals surface area contributed by atoms with E-state index in [-0.39, 0.29) is 0 Å². The van der Waals surface area contributed by atoms with Gasteiger partial charge in [-0.2, -0.15) is 0 Å². The van der Waals surface area contributed by atoms with Crippen molar-refractivity contribution in [1.82, 2.24) is 9.55 Å². The highest BCUT2D eigenvalue weighted by Gasteiger charge is 2.10. The van der Waals surface area contributed by atoms with Gasteiger partial charge in [-0.3, -0.25) is 0 Å². The Morgan fingerprint density at radius 3 is 2.62 bits per heavy atom. The first kappa shape index (κ1) is 14.2. The van der Waals surface area contributed by atoms with Gasteiger partial charge in [-0.15, -0.1) is 11.6 Å². The maximum absolute atomic E-state index is 6.07. The van der Waals surface area contributed by atoms with Crippen molar-refractivity contribution in [3.05, 3.63) is 65.0 Å². The zero-order valence-electron chi connectivity index (χ0n) is 12.4. The highest BCUT2D eigenvalue weighted by atomic mass is 35.5. The number of imidazole rings is 1. The van der Waals surface area contributed by atoms with Crippen LogP contribution >= 0.6 is 11.6 Å². The molecule has 2 aromatic carbocycles. The third-order valence-electron chi connectivity index (χ3n) is 3.81. The van der Waals surface area contributed by atoms with Crippen LogP contribution in [0.1, 0.15) is 22.5 Å². The lowest BCUT2D eigenvalue weighted by molar-refractivity contribution is 0.688. The van der Waals surface area contributed by atoms with Gasteiger partial charge < -0.3 is 4.57 Å². The molecule has 0 bridgehead atoms. The van der Waals surface area contributed by atoms with Crippen molar-refractivity contribution in [2.45, 2.75) is 32.7 Å². The predicted molar refractivity (Wildman–Crippen MR) is 88.9 cm³/mol. The van der Waals surface area contributed by atoms with Gasteiger partial charge in [0.1, 0.15) is 5.82 Å². The smallest absolute Gasteiger partial charge is 0.124 e. The normalized spacial score (nSPS) is 11.2. The highest BCUT2D eigenvalue weighted by molar-refractivity contribution is 6.16. The third kappa shape index (κ3) is 2.96. The molecular formula is C18H19ClN2. The lowest BCUT2D eigenvalue weighted by atomic mass is 10.1. The van der Waals surface area contributed by atoms with E-state index in [1.54, 1.807) is 0 Å². The average molecular weight is 299 g/mol. The Bertz CT molecular complexity index is 774. The molecule has 3 heteroatoms. The molecule has 21 heavy (non-hydrogen) atoms. The summed E-state index contributed by atoms with van der Waals surface area (Å²) in [5.41, 5.74) is 6.09. The standard InChI is InChI=1S/C18H19ClN2/c1-13-4-3-5-15(10-13)8-9-21-17-7-6-14(2)11-16(17)20-18(21)12-19/h3-7,10-11H,8-9,12H2,1-2H3. The van der Waals surface area contributed by atoms with Gasteiger partial charge in [-0.05, 0) is 43.5 Å². The number of hydrogen-bond acceptors (Lipinski definition) is 1. The number of nitrogens with zero attached hydrogens (tertiary/aromatic N) is 2. The van der Waals surface area contributed by atoms with Crippen molar-refractivity contribution in [1.29, 1.82) is 0 Å². The number of hydrogen-bond donors (Lipinski definition) is 0. The fraction of sp³-hybridized carbons (Fsp3) is 0.278. The molecule has 0 unspecified atom stereocenters. The molecule has 0 aliphatic carbocycles. The van der Waals surface area contributed by atoms with E-state index in [0.29, 0.717) is 5.88 Å². The highest BCUT2D eigenvalue weighted by Crippen LogP contribution is 2.20. The van der Waals surface area contributed by atoms with Crippen LogP contribution in [-0.4, -0.2) is 9.55 Å². The zero-order valence-corrected chi connectivity index (χ0v) is 13.2. The van der Waals surface area contributed by atoms with E-state index in [9.17, 15) is 0 Å². The minimum Gasteiger partial charge on any atom is -0.327 e. The summed E-state index contributed by atoms with van der Waals surface area (Å²) < 4.78 is 2.24. The van der Waals surface area contributed by atoms with E-state index in [0.717, 1.165) is 24.3 Å². The number of benzene rings is 2. The van der Waals surface area contributed by atoms with E-state index in [4.69, 9.17) is 11.6 Å². The molecule has 0 N–H and O–H groups in total. The summed E-state index contributed by atoms with van der Waals surface area (Å²) in [6.45, 7) is 5.12. The molecule has 0 radical (unpaired) electrons. The first-order valence-electron chi connectivity index (χ1n) is 7.24. The Balaban J connectivity index is 1.92. The van der Waals surface area contributed by atoms with Crippen molar-refractivity contribution in [2.24, 2.45) is 0 Å². The van der Waals surface area contributed by atoms with Crippen LogP contribution in [0.2, 0.25) is 0 Å². The summed E-state index contributed by atoms with van der Waals surface area (Å²) in [4.78, 5) is 4.65. The molecular weight excluding hydrogens is 280 g/mol. The van der Waals surface area contributed by atoms with Crippen molar-refractivity contribution in [3.8, 4) is 0 Å². The molecule has 3 aromatic rings. The molecule has 1 heterocycles. The predicted octanol–water partition coefficient (Wildman–Crippen LogP) is 4.63. The van der Waals surface area contributed by atoms with Gasteiger partial charge in [0.15, 0.2) is 0 Å². The van der Waals surface area contributed by atoms with Crippen LogP contribution in [-0.2, 0) is 18.8 Å². The van der Waals surface area contributed by atoms with Gasteiger partial charge in [-0.25, -0.2) is 4.98 Å². The summed E-state index contributed by atoms with van der Waals surface area (Å²) in [6, 6.07) is 15.1. The van der Waals surface area contributed by atoms with Gasteiger partial charge >= 0.3 is 0 Å². The van der Waals surface area contributed by atoms with Gasteiger partial charge in [0.25, 0.3) is 0 Å². The minimum absolute atomic E-state index is 0.446. The van der Waals surface area contributed by atoms with Crippen molar-refractivity contribution >= 4 is 22.6 Å². The molecule has 3 rings (SSSR count). The topological polar surface area (TPSA) is 17.8 Å². The maximum Gasteiger partial charge on any atom is 0.124 e. The fourth-order valence-corrected chi connectivity index (χ4v) is 2.95. The lowest BCUT2D eigenvalue weighted by Crippen LogP contribution is -2.05. The largest absolute Gasteiger partial charge is 0.327 e. The van der Waals surface area contributed by atoms with Crippen LogP contribution in [0, 0.1) is 13.8 Å². The van der Waals surface area contributed by atoms with Crippen LogP contribution < -0.4 is 0 Å². The number of rotatable bonds is 4. The Labute approximate surface area is 130 Å². The molecule has 0 saturated heterocycles. The Morgan fingerprint density at radius 1 is 1.05 bits per heavy atom. The molecule has 1 aromatic heterocycles.